The van der Waals surface area contributed by atoms with Gasteiger partial charge in [0.05, 0.1) is 5.35 Å². The summed E-state index contributed by atoms with van der Waals surface area (Å²) in [7, 11) is 0. The van der Waals surface area contributed by atoms with Crippen LogP contribution >= 0.6 is 0 Å². The monoisotopic (exact) mass is 269 g/mol. The van der Waals surface area contributed by atoms with Crippen LogP contribution in [0, 0.1) is 19.8 Å². The van der Waals surface area contributed by atoms with E-state index in [1.807, 2.05) is 13.0 Å². The van der Waals surface area contributed by atoms with Gasteiger partial charge in [0.25, 0.3) is 0 Å². The van der Waals surface area contributed by atoms with Gasteiger partial charge in [-0.05, 0) is 50.3 Å². The molecule has 0 N–H and O–H groups in total. The molecule has 0 atom stereocenters. The largest absolute Gasteiger partial charge is 0.253 e. The van der Waals surface area contributed by atoms with Crippen LogP contribution in [0.15, 0.2) is 18.2 Å². The van der Waals surface area contributed by atoms with Crippen molar-refractivity contribution in [1.29, 1.82) is 0 Å². The highest BCUT2D eigenvalue weighted by Gasteiger charge is 2.04. The van der Waals surface area contributed by atoms with E-state index >= 15 is 0 Å². The van der Waals surface area contributed by atoms with Gasteiger partial charge in [-0.1, -0.05) is 51.2 Å². The molecule has 0 fully saturated rings. The number of rotatable bonds is 4. The second-order valence-corrected chi connectivity index (χ2v) is 5.44. The van der Waals surface area contributed by atoms with Gasteiger partial charge in [0.15, 0.2) is 0 Å². The van der Waals surface area contributed by atoms with Crippen LogP contribution in [0.4, 0.5) is 0 Å². The van der Waals surface area contributed by atoms with Crippen LogP contribution in [0.2, 0.25) is 0 Å². The van der Waals surface area contributed by atoms with Crippen molar-refractivity contribution in [2.24, 2.45) is 5.92 Å². The first-order valence-corrected chi connectivity index (χ1v) is 7.49. The normalized spacial score (nSPS) is 14.3. The van der Waals surface area contributed by atoms with Crippen molar-refractivity contribution < 1.29 is 0 Å². The Morgan fingerprint density at radius 2 is 1.90 bits per heavy atom. The molecule has 0 aliphatic heterocycles. The minimum atomic E-state index is 0.556. The minimum absolute atomic E-state index is 0.556. The van der Waals surface area contributed by atoms with Crippen molar-refractivity contribution in [3.8, 4) is 0 Å². The molecule has 108 valence electrons. The zero-order chi connectivity index (χ0) is 15.1. The highest BCUT2D eigenvalue weighted by Crippen LogP contribution is 2.09. The summed E-state index contributed by atoms with van der Waals surface area (Å²) < 4.78 is 0. The Balaban J connectivity index is 3.71. The zero-order valence-electron chi connectivity index (χ0n) is 13.7. The van der Waals surface area contributed by atoms with Gasteiger partial charge in [-0.3, -0.25) is 4.98 Å². The quantitative estimate of drug-likeness (QED) is 0.807. The van der Waals surface area contributed by atoms with Crippen LogP contribution in [0.1, 0.15) is 50.9 Å². The van der Waals surface area contributed by atoms with E-state index in [0.29, 0.717) is 5.92 Å². The molecule has 20 heavy (non-hydrogen) atoms. The van der Waals surface area contributed by atoms with Crippen LogP contribution in [-0.2, 0) is 0 Å². The molecule has 1 heterocycles. The highest BCUT2D eigenvalue weighted by atomic mass is 14.7. The summed E-state index contributed by atoms with van der Waals surface area (Å²) in [6, 6.07) is 0. The second-order valence-electron chi connectivity index (χ2n) is 5.44. The van der Waals surface area contributed by atoms with E-state index in [1.165, 1.54) is 16.3 Å². The lowest BCUT2D eigenvalue weighted by molar-refractivity contribution is 0.836. The van der Waals surface area contributed by atoms with Crippen LogP contribution in [0.25, 0.3) is 18.2 Å². The van der Waals surface area contributed by atoms with E-state index < -0.39 is 0 Å². The lowest BCUT2D eigenvalue weighted by atomic mass is 10.0. The summed E-state index contributed by atoms with van der Waals surface area (Å²) in [5, 5.41) is 2.32. The molecule has 1 aromatic rings. The number of aromatic nitrogens is 1. The molecule has 0 aliphatic rings. The van der Waals surface area contributed by atoms with Crippen molar-refractivity contribution in [3.63, 3.8) is 0 Å². The number of pyridine rings is 1. The summed E-state index contributed by atoms with van der Waals surface area (Å²) >= 11 is 0. The van der Waals surface area contributed by atoms with E-state index in [1.54, 1.807) is 0 Å². The maximum atomic E-state index is 4.74. The molecule has 1 rings (SSSR count). The summed E-state index contributed by atoms with van der Waals surface area (Å²) in [6.07, 6.45) is 14.0. The van der Waals surface area contributed by atoms with E-state index in [2.05, 4.69) is 65.0 Å². The SMILES string of the molecule is C\C=C/C=c1/nc(C)c(C)c(/C=C\C(C)C)/c1=C/CC. The molecule has 0 amide bonds. The lowest BCUT2D eigenvalue weighted by Gasteiger charge is -2.07. The molecule has 0 bridgehead atoms. The number of hydrogen-bond donors (Lipinski definition) is 0. The third-order valence-electron chi connectivity index (χ3n) is 3.30. The third kappa shape index (κ3) is 4.19. The van der Waals surface area contributed by atoms with Crippen LogP contribution < -0.4 is 10.6 Å². The number of aryl methyl sites for hydroxylation is 1. The average Bonchev–Trinajstić information content (AvgIpc) is 2.40. The summed E-state index contributed by atoms with van der Waals surface area (Å²) in [6.45, 7) is 12.9. The Hall–Kier alpha value is -1.63. The molecule has 1 heteroatoms. The smallest absolute Gasteiger partial charge is 0.0708 e. The van der Waals surface area contributed by atoms with Crippen molar-refractivity contribution in [1.82, 2.24) is 4.98 Å². The molecular weight excluding hydrogens is 242 g/mol. The van der Waals surface area contributed by atoms with Gasteiger partial charge in [-0.25, -0.2) is 0 Å². The van der Waals surface area contributed by atoms with Gasteiger partial charge in [-0.15, -0.1) is 0 Å². The fourth-order valence-corrected chi connectivity index (χ4v) is 2.10. The first kappa shape index (κ1) is 16.4. The van der Waals surface area contributed by atoms with Gasteiger partial charge in [0.2, 0.25) is 0 Å². The molecule has 0 unspecified atom stereocenters. The predicted molar refractivity (Wildman–Crippen MR) is 90.9 cm³/mol. The Labute approximate surface area is 123 Å². The Bertz CT molecular complexity index is 616. The molecule has 0 spiro atoms. The van der Waals surface area contributed by atoms with Crippen LogP contribution in [-0.4, -0.2) is 4.98 Å². The molecule has 0 radical (unpaired) electrons. The van der Waals surface area contributed by atoms with Gasteiger partial charge in [0.1, 0.15) is 0 Å². The van der Waals surface area contributed by atoms with E-state index in [0.717, 1.165) is 17.5 Å². The molecule has 0 saturated carbocycles. The molecule has 0 aliphatic carbocycles. The minimum Gasteiger partial charge on any atom is -0.253 e. The average molecular weight is 269 g/mol. The molecule has 1 aromatic heterocycles. The maximum Gasteiger partial charge on any atom is 0.0708 e. The van der Waals surface area contributed by atoms with Crippen molar-refractivity contribution in [3.05, 3.63) is 45.6 Å². The Morgan fingerprint density at radius 1 is 1.20 bits per heavy atom. The van der Waals surface area contributed by atoms with Crippen LogP contribution in [0.5, 0.6) is 0 Å². The Kier molecular flexibility index (Phi) is 6.44. The fourth-order valence-electron chi connectivity index (χ4n) is 2.10. The Morgan fingerprint density at radius 3 is 2.45 bits per heavy atom. The van der Waals surface area contributed by atoms with E-state index in [9.17, 15) is 0 Å². The van der Waals surface area contributed by atoms with Gasteiger partial charge >= 0.3 is 0 Å². The fraction of sp³-hybridized carbons (Fsp3) is 0.421. The predicted octanol–water partition coefficient (Wildman–Crippen LogP) is 3.91. The first-order valence-electron chi connectivity index (χ1n) is 7.49. The molecule has 0 saturated heterocycles. The van der Waals surface area contributed by atoms with E-state index in [4.69, 9.17) is 4.98 Å². The van der Waals surface area contributed by atoms with Crippen molar-refractivity contribution >= 4 is 18.2 Å². The van der Waals surface area contributed by atoms with Gasteiger partial charge in [0, 0.05) is 10.9 Å². The van der Waals surface area contributed by atoms with Crippen LogP contribution in [0.3, 0.4) is 0 Å². The third-order valence-corrected chi connectivity index (χ3v) is 3.30. The summed E-state index contributed by atoms with van der Waals surface area (Å²) in [5.41, 5.74) is 3.69. The lowest BCUT2D eigenvalue weighted by Crippen LogP contribution is -2.32. The second kappa shape index (κ2) is 7.84. The highest BCUT2D eigenvalue weighted by molar-refractivity contribution is 5.58. The number of allylic oxidation sites excluding steroid dienone is 3. The summed E-state index contributed by atoms with van der Waals surface area (Å²) in [4.78, 5) is 4.74. The molecular formula is C19H27N. The van der Waals surface area contributed by atoms with E-state index in [-0.39, 0.29) is 0 Å². The maximum absolute atomic E-state index is 4.74. The van der Waals surface area contributed by atoms with Gasteiger partial charge < -0.3 is 0 Å². The standard InChI is InChI=1S/C19H27N/c1-7-9-11-19-18(10-8-2)17(13-12-14(3)4)15(5)16(6)20-19/h7,9-14H,8H2,1-6H3/b9-7-,13-12-,18-10-,19-11+. The zero-order valence-corrected chi connectivity index (χ0v) is 13.7. The number of hydrogen-bond acceptors (Lipinski definition) is 1. The molecule has 0 aromatic carbocycles. The first-order chi connectivity index (χ1) is 9.51. The van der Waals surface area contributed by atoms with Crippen molar-refractivity contribution in [2.75, 3.05) is 0 Å². The summed E-state index contributed by atoms with van der Waals surface area (Å²) in [5.74, 6) is 0.556. The van der Waals surface area contributed by atoms with Gasteiger partial charge in [-0.2, -0.15) is 0 Å². The molecule has 1 nitrogen and oxygen atoms in total. The van der Waals surface area contributed by atoms with Crippen molar-refractivity contribution in [2.45, 2.75) is 48.0 Å². The number of nitrogens with zero attached hydrogens (tertiary/aromatic N) is 1. The topological polar surface area (TPSA) is 12.9 Å².